The van der Waals surface area contributed by atoms with Crippen LogP contribution in [0.1, 0.15) is 162 Å². The van der Waals surface area contributed by atoms with E-state index in [0.717, 1.165) is 57.8 Å². The summed E-state index contributed by atoms with van der Waals surface area (Å²) in [6.45, 7) is 2.81. The number of fused-ring (bicyclic) bond motifs is 4. The number of esters is 2. The third-order valence-corrected chi connectivity index (χ3v) is 13.0. The molecule has 0 amide bonds. The normalized spacial score (nSPS) is 32.9. The maximum absolute atomic E-state index is 13.5. The average Bonchev–Trinajstić information content (AvgIpc) is 3.26. The second-order valence-electron chi connectivity index (χ2n) is 17.6. The second kappa shape index (κ2) is 33.4. The molecule has 1 aliphatic heterocycles. The number of hydrogen-bond donors (Lipinski definition) is 9. The number of carbonyl (C=O) groups excluding carboxylic acids is 2. The predicted octanol–water partition coefficient (Wildman–Crippen LogP) is 5.77. The lowest BCUT2D eigenvalue weighted by molar-refractivity contribution is -0.167. The van der Waals surface area contributed by atoms with Crippen LogP contribution in [-0.4, -0.2) is 132 Å². The summed E-state index contributed by atoms with van der Waals surface area (Å²) in [5, 5.41) is 90.2. The van der Waals surface area contributed by atoms with Crippen LogP contribution < -0.4 is 0 Å². The quantitative estimate of drug-likeness (QED) is 0.0286. The summed E-state index contributed by atoms with van der Waals surface area (Å²) in [5.41, 5.74) is 0. The Labute approximate surface area is 381 Å². The molecule has 1 saturated heterocycles. The average molecular weight is 935 g/mol. The van der Waals surface area contributed by atoms with Crippen LogP contribution in [0.25, 0.3) is 0 Å². The van der Waals surface area contributed by atoms with Gasteiger partial charge in [0.15, 0.2) is 6.10 Å². The molecule has 16 nitrogen and oxygen atoms in total. The molecule has 2 bridgehead atoms. The third kappa shape index (κ3) is 23.6. The van der Waals surface area contributed by atoms with E-state index in [9.17, 15) is 59.9 Å². The summed E-state index contributed by atoms with van der Waals surface area (Å²) in [4.78, 5) is 36.5. The van der Waals surface area contributed by atoms with Gasteiger partial charge in [-0.05, 0) is 57.8 Å². The summed E-state index contributed by atoms with van der Waals surface area (Å²) in [5.74, 6) is -3.91. The van der Waals surface area contributed by atoms with Gasteiger partial charge in [0.25, 0.3) is 0 Å². The fourth-order valence-corrected chi connectivity index (χ4v) is 9.03. The Hall–Kier alpha value is -2.05. The Morgan fingerprint density at radius 2 is 1.38 bits per heavy atom. The lowest BCUT2D eigenvalue weighted by Crippen LogP contribution is -2.55. The van der Waals surface area contributed by atoms with Crippen molar-refractivity contribution in [3.63, 3.8) is 0 Å². The molecule has 64 heavy (non-hydrogen) atoms. The van der Waals surface area contributed by atoms with Gasteiger partial charge in [-0.1, -0.05) is 121 Å². The van der Waals surface area contributed by atoms with E-state index in [-0.39, 0.29) is 19.3 Å². The van der Waals surface area contributed by atoms with Gasteiger partial charge < -0.3 is 55.2 Å². The zero-order chi connectivity index (χ0) is 47.3. The minimum atomic E-state index is -5.43. The van der Waals surface area contributed by atoms with Crippen molar-refractivity contribution in [2.45, 2.75) is 223 Å². The van der Waals surface area contributed by atoms with Gasteiger partial charge in [0.2, 0.25) is 0 Å². The first-order chi connectivity index (χ1) is 30.6. The van der Waals surface area contributed by atoms with Crippen molar-refractivity contribution in [2.75, 3.05) is 13.2 Å². The molecule has 13 atom stereocenters. The van der Waals surface area contributed by atoms with Crippen LogP contribution in [0.5, 0.6) is 0 Å². The molecule has 1 aliphatic carbocycles. The molecule has 0 spiro atoms. The number of cyclic esters (lactones) is 1. The van der Waals surface area contributed by atoms with Crippen LogP contribution in [0.2, 0.25) is 0 Å². The lowest BCUT2D eigenvalue weighted by Gasteiger charge is -2.37. The van der Waals surface area contributed by atoms with E-state index < -0.39 is 112 Å². The standard InChI is InChI=1S/C47H83O16P/c1-3-5-7-8-9-10-11-12-13-14-15-16-17-18-24-28-41(52)62-35-32-60-40(51)27-23-20-19-22-26-36-38(49)31-39(50)37(30-29-34(48)25-21-6-4-2)43(54)45(56)47(46(57)44(55)42(36)53)63-64(58,59)61-33-35/h9-10,12-13,29-30,34-39,42-50,53-57H,3-8,11,14-28,31-33H2,1-2H3,(H,58,59)/b10-9-,13-12-,30-29+/t34-,35+,36-,37-,38-,39+,42+,43+,44-,45+,46+,47+/m0/s1. The molecule has 0 aromatic heterocycles. The summed E-state index contributed by atoms with van der Waals surface area (Å²) in [6, 6.07) is 0. The van der Waals surface area contributed by atoms with Crippen LogP contribution >= 0.6 is 7.82 Å². The molecule has 1 unspecified atom stereocenters. The van der Waals surface area contributed by atoms with E-state index in [1.807, 2.05) is 6.92 Å². The summed E-state index contributed by atoms with van der Waals surface area (Å²) in [7, 11) is -5.43. The molecule has 17 heteroatoms. The third-order valence-electron chi connectivity index (χ3n) is 12.0. The highest BCUT2D eigenvalue weighted by molar-refractivity contribution is 7.47. The Morgan fingerprint density at radius 1 is 0.750 bits per heavy atom. The topological polar surface area (TPSA) is 270 Å². The molecule has 1 saturated carbocycles. The molecule has 2 aliphatic rings. The second-order valence-corrected chi connectivity index (χ2v) is 19.0. The van der Waals surface area contributed by atoms with Crippen LogP contribution in [0.4, 0.5) is 0 Å². The highest BCUT2D eigenvalue weighted by Crippen LogP contribution is 2.47. The van der Waals surface area contributed by atoms with E-state index in [1.165, 1.54) is 31.4 Å². The number of phosphoric ester groups is 1. The number of carbonyl (C=O) groups is 2. The number of aliphatic hydroxyl groups is 8. The van der Waals surface area contributed by atoms with E-state index >= 15 is 0 Å². The minimum Gasteiger partial charge on any atom is -0.462 e. The van der Waals surface area contributed by atoms with Crippen molar-refractivity contribution in [3.05, 3.63) is 36.5 Å². The highest BCUT2D eigenvalue weighted by atomic mass is 31.2. The zero-order valence-electron chi connectivity index (χ0n) is 38.4. The summed E-state index contributed by atoms with van der Waals surface area (Å²) in [6.07, 6.45) is 7.69. The van der Waals surface area contributed by atoms with E-state index in [4.69, 9.17) is 18.5 Å². The molecule has 2 fully saturated rings. The van der Waals surface area contributed by atoms with Gasteiger partial charge in [-0.2, -0.15) is 0 Å². The van der Waals surface area contributed by atoms with Gasteiger partial charge in [0.05, 0.1) is 37.1 Å². The number of aliphatic hydroxyl groups excluding tert-OH is 8. The minimum absolute atomic E-state index is 0.00493. The maximum atomic E-state index is 13.5. The van der Waals surface area contributed by atoms with E-state index in [1.54, 1.807) is 0 Å². The molecule has 2 rings (SSSR count). The predicted molar refractivity (Wildman–Crippen MR) is 241 cm³/mol. The van der Waals surface area contributed by atoms with Gasteiger partial charge in [0.1, 0.15) is 31.0 Å². The van der Waals surface area contributed by atoms with E-state index in [0.29, 0.717) is 44.9 Å². The van der Waals surface area contributed by atoms with Gasteiger partial charge in [-0.15, -0.1) is 0 Å². The van der Waals surface area contributed by atoms with Crippen molar-refractivity contribution >= 4 is 19.8 Å². The Bertz CT molecular complexity index is 1390. The SMILES string of the molecule is CCCCC/C=C\C/C=C\CCCCCCCC(=O)O[C@@H]1COC(=O)CCCCCC[C@@H]2[C@@H](O)[C@H](O)[C@@H](O)[C@H](OP(=O)(O)OC1)[C@H](O)[C@H](O)[C@@H](/C=C/[C@@H](O)CCCCC)[C@H](O)C[C@@H]2O. The smallest absolute Gasteiger partial charge is 0.462 e. The van der Waals surface area contributed by atoms with Gasteiger partial charge >= 0.3 is 19.8 Å². The Kier molecular flexibility index (Phi) is 30.3. The summed E-state index contributed by atoms with van der Waals surface area (Å²) >= 11 is 0. The molecule has 0 radical (unpaired) electrons. The van der Waals surface area contributed by atoms with Crippen LogP contribution in [0.15, 0.2) is 36.5 Å². The van der Waals surface area contributed by atoms with Crippen molar-refractivity contribution in [1.29, 1.82) is 0 Å². The zero-order valence-corrected chi connectivity index (χ0v) is 39.3. The number of phosphoric acid groups is 1. The monoisotopic (exact) mass is 935 g/mol. The first-order valence-corrected chi connectivity index (χ1v) is 25.5. The Morgan fingerprint density at radius 3 is 2.08 bits per heavy atom. The molecule has 0 aromatic rings. The van der Waals surface area contributed by atoms with Crippen molar-refractivity contribution in [1.82, 2.24) is 0 Å². The Balaban J connectivity index is 2.20. The van der Waals surface area contributed by atoms with Gasteiger partial charge in [-0.3, -0.25) is 18.6 Å². The van der Waals surface area contributed by atoms with Crippen molar-refractivity contribution in [3.8, 4) is 0 Å². The van der Waals surface area contributed by atoms with Gasteiger partial charge in [0, 0.05) is 31.1 Å². The fourth-order valence-electron chi connectivity index (χ4n) is 8.06. The van der Waals surface area contributed by atoms with Crippen LogP contribution in [0.3, 0.4) is 0 Å². The van der Waals surface area contributed by atoms with Crippen LogP contribution in [-0.2, 0) is 32.7 Å². The lowest BCUT2D eigenvalue weighted by atomic mass is 9.82. The van der Waals surface area contributed by atoms with Gasteiger partial charge in [-0.25, -0.2) is 4.57 Å². The summed E-state index contributed by atoms with van der Waals surface area (Å²) < 4.78 is 34.8. The number of unbranched alkanes of at least 4 members (excludes halogenated alkanes) is 10. The van der Waals surface area contributed by atoms with Crippen molar-refractivity contribution < 1.29 is 78.4 Å². The first kappa shape index (κ1) is 58.1. The molecule has 9 N–H and O–H groups in total. The number of ether oxygens (including phenoxy) is 2. The number of allylic oxidation sites excluding steroid dienone is 4. The number of rotatable bonds is 21. The van der Waals surface area contributed by atoms with Crippen molar-refractivity contribution in [2.24, 2.45) is 11.8 Å². The van der Waals surface area contributed by atoms with E-state index in [2.05, 4.69) is 31.2 Å². The molecule has 0 aromatic carbocycles. The fraction of sp³-hybridized carbons (Fsp3) is 0.830. The maximum Gasteiger partial charge on any atom is 0.472 e. The van der Waals surface area contributed by atoms with Crippen LogP contribution in [0, 0.1) is 11.8 Å². The molecule has 1 heterocycles. The first-order valence-electron chi connectivity index (χ1n) is 24.0. The highest BCUT2D eigenvalue weighted by Gasteiger charge is 2.49. The largest absolute Gasteiger partial charge is 0.472 e. The number of hydrogen-bond acceptors (Lipinski definition) is 15. The molecule has 372 valence electrons. The molecular weight excluding hydrogens is 851 g/mol. The molecular formula is C47H83O16P.